The van der Waals surface area contributed by atoms with Gasteiger partial charge in [-0.25, -0.2) is 4.98 Å². The Morgan fingerprint density at radius 1 is 0.882 bits per heavy atom. The molecule has 0 saturated heterocycles. The van der Waals surface area contributed by atoms with Gasteiger partial charge in [-0.2, -0.15) is 4.57 Å². The van der Waals surface area contributed by atoms with Crippen molar-refractivity contribution in [2.75, 3.05) is 12.4 Å². The van der Waals surface area contributed by atoms with E-state index in [9.17, 15) is 0 Å². The van der Waals surface area contributed by atoms with Crippen LogP contribution in [0, 0.1) is 13.8 Å². The minimum absolute atomic E-state index is 0.104. The Hall–Kier alpha value is -4.19. The van der Waals surface area contributed by atoms with Gasteiger partial charge in [-0.05, 0) is 42.1 Å². The molecule has 0 saturated carbocycles. The average Bonchev–Trinajstić information content (AvgIpc) is 3.19. The molecule has 6 heteroatoms. The fourth-order valence-electron chi connectivity index (χ4n) is 5.67. The fraction of sp³-hybridized carbons (Fsp3) is 0.107. The van der Waals surface area contributed by atoms with Gasteiger partial charge in [-0.1, -0.05) is 42.5 Å². The first kappa shape index (κ1) is 19.3. The van der Waals surface area contributed by atoms with E-state index in [0.717, 1.165) is 56.7 Å². The normalized spacial score (nSPS) is 13.0. The number of fused-ring (bicyclic) bond motifs is 6. The molecule has 0 aliphatic carbocycles. The molecular formula is C28H23BN3O2+. The van der Waals surface area contributed by atoms with Crippen LogP contribution in [0.5, 0.6) is 17.2 Å². The monoisotopic (exact) mass is 444 g/mol. The molecule has 0 amide bonds. The lowest BCUT2D eigenvalue weighted by Gasteiger charge is -2.33. The number of para-hydroxylation sites is 2. The van der Waals surface area contributed by atoms with Gasteiger partial charge in [0.25, 0.3) is 12.5 Å². The summed E-state index contributed by atoms with van der Waals surface area (Å²) in [5.41, 5.74) is 10.1. The van der Waals surface area contributed by atoms with Crippen LogP contribution >= 0.6 is 0 Å². The summed E-state index contributed by atoms with van der Waals surface area (Å²) < 4.78 is 14.6. The number of rotatable bonds is 2. The quantitative estimate of drug-likeness (QED) is 0.316. The highest BCUT2D eigenvalue weighted by atomic mass is 16.5. The van der Waals surface area contributed by atoms with Gasteiger partial charge in [-0.3, -0.25) is 0 Å². The molecule has 2 aliphatic heterocycles. The summed E-state index contributed by atoms with van der Waals surface area (Å²) in [6.45, 7) is 4.30. The first-order valence-corrected chi connectivity index (χ1v) is 11.5. The summed E-state index contributed by atoms with van der Waals surface area (Å²) in [5.74, 6) is 3.69. The molecule has 1 aromatic heterocycles. The molecule has 0 fully saturated rings. The number of nitrogens with zero attached hydrogens (tertiary/aromatic N) is 1. The lowest BCUT2D eigenvalue weighted by atomic mass is 9.34. The Kier molecular flexibility index (Phi) is 3.92. The van der Waals surface area contributed by atoms with Gasteiger partial charge in [0.1, 0.15) is 17.2 Å². The van der Waals surface area contributed by atoms with Crippen LogP contribution in [0.15, 0.2) is 72.8 Å². The van der Waals surface area contributed by atoms with Crippen LogP contribution in [-0.4, -0.2) is 18.8 Å². The second-order valence-electron chi connectivity index (χ2n) is 9.00. The minimum Gasteiger partial charge on any atom is -0.496 e. The number of aryl methyl sites for hydroxylation is 1. The summed E-state index contributed by atoms with van der Waals surface area (Å²) in [7, 11) is 1.72. The zero-order chi connectivity index (χ0) is 23.0. The number of ether oxygens (including phenoxy) is 2. The number of anilines is 2. The van der Waals surface area contributed by atoms with Crippen molar-refractivity contribution < 1.29 is 14.0 Å². The van der Waals surface area contributed by atoms with Crippen LogP contribution in [0.4, 0.5) is 11.4 Å². The molecule has 0 spiro atoms. The van der Waals surface area contributed by atoms with Crippen LogP contribution in [-0.2, 0) is 0 Å². The second kappa shape index (κ2) is 6.91. The standard InChI is InChI=1S/C28H22BN3O2/c1-16-23(12-8-14-24(16)33-3)32-17(2)30-22-15-21-26-28(27(22)32)34-25-13-7-5-10-19(25)29(26)18-9-4-6-11-20(18)31-21/h4-15,31H,1-3H3/p+1. The third-order valence-electron chi connectivity index (χ3n) is 7.16. The number of hydrogen-bond acceptors (Lipinski definition) is 3. The van der Waals surface area contributed by atoms with Gasteiger partial charge in [0.05, 0.1) is 7.11 Å². The summed E-state index contributed by atoms with van der Waals surface area (Å²) in [5, 5.41) is 3.67. The topological polar surface area (TPSA) is 50.2 Å². The Labute approximate surface area is 198 Å². The first-order valence-electron chi connectivity index (χ1n) is 11.5. The first-order chi connectivity index (χ1) is 16.7. The van der Waals surface area contributed by atoms with Crippen molar-refractivity contribution in [3.8, 4) is 22.9 Å². The van der Waals surface area contributed by atoms with Gasteiger partial charge in [0.2, 0.25) is 5.52 Å². The van der Waals surface area contributed by atoms with Gasteiger partial charge in [0.15, 0.2) is 11.3 Å². The molecule has 2 aliphatic rings. The van der Waals surface area contributed by atoms with Crippen molar-refractivity contribution >= 4 is 45.5 Å². The molecule has 34 heavy (non-hydrogen) atoms. The molecule has 2 N–H and O–H groups in total. The predicted octanol–water partition coefficient (Wildman–Crippen LogP) is 3.75. The van der Waals surface area contributed by atoms with E-state index >= 15 is 0 Å². The lowest BCUT2D eigenvalue weighted by Crippen LogP contribution is -2.58. The third-order valence-corrected chi connectivity index (χ3v) is 7.16. The zero-order valence-electron chi connectivity index (χ0n) is 19.3. The van der Waals surface area contributed by atoms with Crippen LogP contribution < -0.4 is 35.7 Å². The number of aromatic nitrogens is 2. The number of imidazole rings is 1. The molecule has 0 atom stereocenters. The van der Waals surface area contributed by atoms with E-state index in [0.29, 0.717) is 0 Å². The summed E-state index contributed by atoms with van der Waals surface area (Å²) in [4.78, 5) is 3.60. The van der Waals surface area contributed by atoms with Crippen molar-refractivity contribution in [2.24, 2.45) is 0 Å². The van der Waals surface area contributed by atoms with Crippen LogP contribution in [0.2, 0.25) is 0 Å². The second-order valence-corrected chi connectivity index (χ2v) is 9.00. The summed E-state index contributed by atoms with van der Waals surface area (Å²) >= 11 is 0. The molecule has 0 bridgehead atoms. The SMILES string of the molecule is COc1cccc(-[n+]2c(C)[nH]c3cc4c5c(c32)Oc2ccccc2B5c2ccccc2N4)c1C. The minimum atomic E-state index is 0.104. The van der Waals surface area contributed by atoms with Crippen LogP contribution in [0.3, 0.4) is 0 Å². The van der Waals surface area contributed by atoms with E-state index in [1.807, 2.05) is 18.2 Å². The van der Waals surface area contributed by atoms with Crippen molar-refractivity contribution in [3.63, 3.8) is 0 Å². The number of methoxy groups -OCH3 is 1. The van der Waals surface area contributed by atoms with Gasteiger partial charge < -0.3 is 14.8 Å². The Balaban J connectivity index is 1.59. The van der Waals surface area contributed by atoms with Crippen LogP contribution in [0.1, 0.15) is 11.4 Å². The molecule has 3 heterocycles. The number of benzene rings is 4. The smallest absolute Gasteiger partial charge is 0.257 e. The van der Waals surface area contributed by atoms with Crippen molar-refractivity contribution in [1.29, 1.82) is 0 Å². The van der Waals surface area contributed by atoms with Gasteiger partial charge >= 0.3 is 0 Å². The van der Waals surface area contributed by atoms with Gasteiger partial charge in [-0.15, -0.1) is 0 Å². The maximum Gasteiger partial charge on any atom is 0.257 e. The zero-order valence-corrected chi connectivity index (χ0v) is 19.3. The molecular weight excluding hydrogens is 421 g/mol. The number of H-pyrrole nitrogens is 1. The maximum absolute atomic E-state index is 6.71. The average molecular weight is 444 g/mol. The molecule has 7 rings (SSSR count). The summed E-state index contributed by atoms with van der Waals surface area (Å²) in [6.07, 6.45) is 0. The molecule has 4 aromatic carbocycles. The van der Waals surface area contributed by atoms with E-state index in [-0.39, 0.29) is 6.71 Å². The van der Waals surface area contributed by atoms with Crippen molar-refractivity contribution in [1.82, 2.24) is 4.98 Å². The number of nitrogens with one attached hydrogen (secondary N) is 2. The number of aromatic amines is 1. The molecule has 0 unspecified atom stereocenters. The maximum atomic E-state index is 6.71. The summed E-state index contributed by atoms with van der Waals surface area (Å²) in [6, 6.07) is 25.3. The number of hydrogen-bond donors (Lipinski definition) is 2. The van der Waals surface area contributed by atoms with E-state index in [2.05, 4.69) is 83.3 Å². The lowest BCUT2D eigenvalue weighted by molar-refractivity contribution is -0.575. The largest absolute Gasteiger partial charge is 0.496 e. The Morgan fingerprint density at radius 3 is 2.53 bits per heavy atom. The molecule has 164 valence electrons. The van der Waals surface area contributed by atoms with E-state index < -0.39 is 0 Å². The van der Waals surface area contributed by atoms with Crippen LogP contribution in [0.25, 0.3) is 16.7 Å². The van der Waals surface area contributed by atoms with E-state index in [4.69, 9.17) is 9.47 Å². The molecule has 0 radical (unpaired) electrons. The Morgan fingerprint density at radius 2 is 1.68 bits per heavy atom. The highest BCUT2D eigenvalue weighted by Gasteiger charge is 2.42. The predicted molar refractivity (Wildman–Crippen MR) is 137 cm³/mol. The molecule has 5 aromatic rings. The highest BCUT2D eigenvalue weighted by Crippen LogP contribution is 2.37. The van der Waals surface area contributed by atoms with Crippen molar-refractivity contribution in [2.45, 2.75) is 13.8 Å². The Bertz CT molecular complexity index is 1630. The van der Waals surface area contributed by atoms with E-state index in [1.54, 1.807) is 7.11 Å². The van der Waals surface area contributed by atoms with Gasteiger partial charge in [0, 0.05) is 35.4 Å². The fourth-order valence-corrected chi connectivity index (χ4v) is 5.67. The molecule has 5 nitrogen and oxygen atoms in total. The highest BCUT2D eigenvalue weighted by molar-refractivity contribution is 6.99. The van der Waals surface area contributed by atoms with Crippen molar-refractivity contribution in [3.05, 3.63) is 84.2 Å². The van der Waals surface area contributed by atoms with E-state index in [1.165, 1.54) is 16.4 Å². The third kappa shape index (κ3) is 2.48.